The van der Waals surface area contributed by atoms with Crippen molar-refractivity contribution in [1.82, 2.24) is 10.2 Å². The zero-order valence-electron chi connectivity index (χ0n) is 24.1. The van der Waals surface area contributed by atoms with Crippen LogP contribution in [0.3, 0.4) is 0 Å². The largest absolute Gasteiger partial charge is 0.352 e. The second-order valence-corrected chi connectivity index (χ2v) is 13.5. The van der Waals surface area contributed by atoms with Gasteiger partial charge in [0.1, 0.15) is 12.6 Å². The van der Waals surface area contributed by atoms with Gasteiger partial charge in [0.2, 0.25) is 11.8 Å². The standard InChI is InChI=1S/C32H37Cl2N3O4S/c1-4-30(32(39)35-25-9-5-6-10-25)36(20-24-14-17-28(33)29(34)19-24)31(38)21-37(26-11-7-8-23(3)18-26)42(40,41)27-15-12-22(2)13-16-27/h7-8,11-19,25,30H,4-6,9-10,20-21H2,1-3H3,(H,35,39)/t30-/m0/s1. The summed E-state index contributed by atoms with van der Waals surface area (Å²) >= 11 is 12.4. The van der Waals surface area contributed by atoms with Crippen molar-refractivity contribution in [3.8, 4) is 0 Å². The molecule has 1 N–H and O–H groups in total. The Morgan fingerprint density at radius 1 is 0.929 bits per heavy atom. The summed E-state index contributed by atoms with van der Waals surface area (Å²) in [7, 11) is -4.13. The number of rotatable bonds is 11. The van der Waals surface area contributed by atoms with Crippen LogP contribution in [0.5, 0.6) is 0 Å². The molecule has 0 heterocycles. The van der Waals surface area contributed by atoms with Gasteiger partial charge in [0.15, 0.2) is 0 Å². The first kappa shape index (κ1) is 31.9. The fourth-order valence-electron chi connectivity index (χ4n) is 5.27. The molecular weight excluding hydrogens is 593 g/mol. The molecule has 42 heavy (non-hydrogen) atoms. The summed E-state index contributed by atoms with van der Waals surface area (Å²) in [5, 5.41) is 3.81. The highest BCUT2D eigenvalue weighted by Crippen LogP contribution is 2.28. The molecule has 3 aromatic rings. The maximum atomic E-state index is 14.2. The van der Waals surface area contributed by atoms with Crippen LogP contribution < -0.4 is 9.62 Å². The van der Waals surface area contributed by atoms with Crippen LogP contribution in [0.25, 0.3) is 0 Å². The van der Waals surface area contributed by atoms with Crippen molar-refractivity contribution >= 4 is 50.7 Å². The Labute approximate surface area is 258 Å². The number of aryl methyl sites for hydroxylation is 2. The highest BCUT2D eigenvalue weighted by Gasteiger charge is 2.34. The van der Waals surface area contributed by atoms with E-state index in [0.717, 1.165) is 41.1 Å². The molecule has 0 radical (unpaired) electrons. The average molecular weight is 631 g/mol. The van der Waals surface area contributed by atoms with E-state index >= 15 is 0 Å². The van der Waals surface area contributed by atoms with E-state index < -0.39 is 28.5 Å². The van der Waals surface area contributed by atoms with Gasteiger partial charge in [0.25, 0.3) is 10.0 Å². The van der Waals surface area contributed by atoms with Gasteiger partial charge in [-0.15, -0.1) is 0 Å². The number of hydrogen-bond donors (Lipinski definition) is 1. The summed E-state index contributed by atoms with van der Waals surface area (Å²) in [6.07, 6.45) is 4.25. The molecule has 0 bridgehead atoms. The van der Waals surface area contributed by atoms with Gasteiger partial charge in [-0.05, 0) is 80.6 Å². The monoisotopic (exact) mass is 629 g/mol. The van der Waals surface area contributed by atoms with E-state index in [-0.39, 0.29) is 23.4 Å². The molecule has 7 nitrogen and oxygen atoms in total. The molecule has 0 aromatic heterocycles. The number of nitrogens with one attached hydrogen (secondary N) is 1. The summed E-state index contributed by atoms with van der Waals surface area (Å²) in [5.74, 6) is -0.756. The quantitative estimate of drug-likeness (QED) is 0.256. The van der Waals surface area contributed by atoms with Crippen molar-refractivity contribution in [1.29, 1.82) is 0 Å². The van der Waals surface area contributed by atoms with Crippen molar-refractivity contribution in [2.75, 3.05) is 10.8 Å². The molecule has 1 fully saturated rings. The van der Waals surface area contributed by atoms with Gasteiger partial charge in [0, 0.05) is 12.6 Å². The third-order valence-electron chi connectivity index (χ3n) is 7.60. The number of carbonyl (C=O) groups is 2. The molecule has 224 valence electrons. The zero-order valence-corrected chi connectivity index (χ0v) is 26.5. The highest BCUT2D eigenvalue weighted by atomic mass is 35.5. The van der Waals surface area contributed by atoms with Crippen LogP contribution in [-0.4, -0.2) is 43.8 Å². The van der Waals surface area contributed by atoms with Gasteiger partial charge in [0.05, 0.1) is 20.6 Å². The Morgan fingerprint density at radius 2 is 1.62 bits per heavy atom. The van der Waals surface area contributed by atoms with Crippen molar-refractivity contribution in [3.05, 3.63) is 93.5 Å². The Morgan fingerprint density at radius 3 is 2.24 bits per heavy atom. The highest BCUT2D eigenvalue weighted by molar-refractivity contribution is 7.92. The van der Waals surface area contributed by atoms with E-state index in [1.165, 1.54) is 17.0 Å². The summed E-state index contributed by atoms with van der Waals surface area (Å²) in [5.41, 5.74) is 2.80. The lowest BCUT2D eigenvalue weighted by Gasteiger charge is -2.34. The van der Waals surface area contributed by atoms with E-state index in [1.807, 2.05) is 26.8 Å². The number of benzene rings is 3. The second-order valence-electron chi connectivity index (χ2n) is 10.8. The Bertz CT molecular complexity index is 1520. The molecule has 3 aromatic carbocycles. The molecule has 1 atom stereocenters. The molecule has 2 amide bonds. The SMILES string of the molecule is CC[C@@H](C(=O)NC1CCCC1)N(Cc1ccc(Cl)c(Cl)c1)C(=O)CN(c1cccc(C)c1)S(=O)(=O)c1ccc(C)cc1. The average Bonchev–Trinajstić information content (AvgIpc) is 3.46. The minimum Gasteiger partial charge on any atom is -0.352 e. The molecular formula is C32H37Cl2N3O4S. The molecule has 1 saturated carbocycles. The van der Waals surface area contributed by atoms with E-state index in [0.29, 0.717) is 27.7 Å². The molecule has 0 spiro atoms. The molecule has 4 rings (SSSR count). The van der Waals surface area contributed by atoms with E-state index in [1.54, 1.807) is 48.5 Å². The van der Waals surface area contributed by atoms with Crippen LogP contribution in [0.4, 0.5) is 5.69 Å². The van der Waals surface area contributed by atoms with Gasteiger partial charge in [-0.2, -0.15) is 0 Å². The Kier molecular flexibility index (Phi) is 10.6. The number of halogens is 2. The molecule has 1 aliphatic carbocycles. The maximum Gasteiger partial charge on any atom is 0.264 e. The fourth-order valence-corrected chi connectivity index (χ4v) is 7.00. The number of sulfonamides is 1. The number of anilines is 1. The van der Waals surface area contributed by atoms with Crippen LogP contribution in [0, 0.1) is 13.8 Å². The summed E-state index contributed by atoms with van der Waals surface area (Å²) < 4.78 is 29.1. The number of carbonyl (C=O) groups excluding carboxylic acids is 2. The van der Waals surface area contributed by atoms with Gasteiger partial charge in [-0.3, -0.25) is 13.9 Å². The van der Waals surface area contributed by atoms with E-state index in [9.17, 15) is 18.0 Å². The normalized spacial score (nSPS) is 14.4. The topological polar surface area (TPSA) is 86.8 Å². The van der Waals surface area contributed by atoms with Gasteiger partial charge < -0.3 is 10.2 Å². The molecule has 10 heteroatoms. The van der Waals surface area contributed by atoms with Crippen molar-refractivity contribution in [3.63, 3.8) is 0 Å². The van der Waals surface area contributed by atoms with Gasteiger partial charge in [-0.25, -0.2) is 8.42 Å². The van der Waals surface area contributed by atoms with Gasteiger partial charge in [-0.1, -0.05) is 78.9 Å². The van der Waals surface area contributed by atoms with Gasteiger partial charge >= 0.3 is 0 Å². The minimum absolute atomic E-state index is 0.0541. The summed E-state index contributed by atoms with van der Waals surface area (Å²) in [6, 6.07) is 17.8. The van der Waals surface area contributed by atoms with Crippen molar-refractivity contribution < 1.29 is 18.0 Å². The number of nitrogens with zero attached hydrogens (tertiary/aromatic N) is 2. The predicted octanol–water partition coefficient (Wildman–Crippen LogP) is 6.67. The molecule has 1 aliphatic rings. The minimum atomic E-state index is -4.13. The van der Waals surface area contributed by atoms with Crippen LogP contribution >= 0.6 is 23.2 Å². The molecule has 0 unspecified atom stereocenters. The smallest absolute Gasteiger partial charge is 0.264 e. The van der Waals surface area contributed by atoms with Crippen molar-refractivity contribution in [2.45, 2.75) is 76.4 Å². The predicted molar refractivity (Wildman–Crippen MR) is 168 cm³/mol. The zero-order chi connectivity index (χ0) is 30.4. The third kappa shape index (κ3) is 7.65. The third-order valence-corrected chi connectivity index (χ3v) is 10.1. The lowest BCUT2D eigenvalue weighted by atomic mass is 10.1. The van der Waals surface area contributed by atoms with Crippen molar-refractivity contribution in [2.24, 2.45) is 0 Å². The first-order valence-electron chi connectivity index (χ1n) is 14.2. The Hall–Kier alpha value is -3.07. The van der Waals surface area contributed by atoms with Crippen LogP contribution in [0.1, 0.15) is 55.7 Å². The lowest BCUT2D eigenvalue weighted by Crippen LogP contribution is -2.53. The Balaban J connectivity index is 1.73. The number of hydrogen-bond acceptors (Lipinski definition) is 4. The summed E-state index contributed by atoms with van der Waals surface area (Å²) in [6.45, 7) is 5.14. The second kappa shape index (κ2) is 13.9. The molecule has 0 saturated heterocycles. The molecule has 0 aliphatic heterocycles. The van der Waals surface area contributed by atoms with Crippen LogP contribution in [-0.2, 0) is 26.2 Å². The first-order valence-corrected chi connectivity index (χ1v) is 16.4. The lowest BCUT2D eigenvalue weighted by molar-refractivity contribution is -0.140. The first-order chi connectivity index (χ1) is 20.0. The van der Waals surface area contributed by atoms with E-state index in [4.69, 9.17) is 23.2 Å². The fraction of sp³-hybridized carbons (Fsp3) is 0.375. The van der Waals surface area contributed by atoms with E-state index in [2.05, 4.69) is 5.32 Å². The maximum absolute atomic E-state index is 14.2. The van der Waals surface area contributed by atoms with Crippen LogP contribution in [0.15, 0.2) is 71.6 Å². The van der Waals surface area contributed by atoms with Crippen LogP contribution in [0.2, 0.25) is 10.0 Å². The number of amides is 2. The summed E-state index contributed by atoms with van der Waals surface area (Å²) in [4.78, 5) is 29.3.